The fourth-order valence-corrected chi connectivity index (χ4v) is 4.99. The summed E-state index contributed by atoms with van der Waals surface area (Å²) in [5.74, 6) is 1.57. The predicted octanol–water partition coefficient (Wildman–Crippen LogP) is 3.97. The summed E-state index contributed by atoms with van der Waals surface area (Å²) in [5.41, 5.74) is 6.24. The fourth-order valence-electron chi connectivity index (χ4n) is 4.99. The Bertz CT molecular complexity index is 616. The van der Waals surface area contributed by atoms with Gasteiger partial charge in [-0.2, -0.15) is 0 Å². The molecule has 0 aliphatic heterocycles. The molecule has 0 heterocycles. The van der Waals surface area contributed by atoms with Crippen LogP contribution in [0, 0.1) is 11.3 Å². The van der Waals surface area contributed by atoms with Crippen LogP contribution in [0.15, 0.2) is 23.8 Å². The Kier molecular flexibility index (Phi) is 2.94. The zero-order chi connectivity index (χ0) is 14.6. The first-order valence-electron chi connectivity index (χ1n) is 8.21. The van der Waals surface area contributed by atoms with Gasteiger partial charge in [0.05, 0.1) is 13.2 Å². The van der Waals surface area contributed by atoms with Crippen molar-refractivity contribution < 1.29 is 9.84 Å². The van der Waals surface area contributed by atoms with Crippen LogP contribution in [0.2, 0.25) is 0 Å². The Morgan fingerprint density at radius 2 is 2.05 bits per heavy atom. The Labute approximate surface area is 126 Å². The van der Waals surface area contributed by atoms with Gasteiger partial charge in [0.25, 0.3) is 0 Å². The van der Waals surface area contributed by atoms with Crippen LogP contribution in [0.4, 0.5) is 0 Å². The van der Waals surface area contributed by atoms with Crippen molar-refractivity contribution in [3.05, 3.63) is 34.9 Å². The van der Waals surface area contributed by atoms with Gasteiger partial charge in [-0.15, -0.1) is 0 Å². The number of ether oxygens (including phenoxy) is 1. The zero-order valence-electron chi connectivity index (χ0n) is 13.0. The normalized spacial score (nSPS) is 34.2. The van der Waals surface area contributed by atoms with E-state index >= 15 is 0 Å². The summed E-state index contributed by atoms with van der Waals surface area (Å²) in [4.78, 5) is 0. The molecule has 0 amide bonds. The molecule has 1 aromatic rings. The van der Waals surface area contributed by atoms with Crippen LogP contribution in [0.25, 0.3) is 5.57 Å². The first-order valence-corrected chi connectivity index (χ1v) is 8.21. The molecule has 0 spiro atoms. The SMILES string of the molecule is COc1ccc2c(c1)CCC1=C2CC[C@@]2(C)C1CC[C@@H]2O. The molecule has 4 rings (SSSR count). The summed E-state index contributed by atoms with van der Waals surface area (Å²) in [6.07, 6.45) is 6.59. The first-order chi connectivity index (χ1) is 10.1. The van der Waals surface area contributed by atoms with E-state index in [1.54, 1.807) is 18.3 Å². The van der Waals surface area contributed by atoms with Crippen molar-refractivity contribution >= 4 is 5.57 Å². The summed E-state index contributed by atoms with van der Waals surface area (Å²) >= 11 is 0. The third-order valence-electron chi connectivity index (χ3n) is 6.31. The molecule has 2 heteroatoms. The van der Waals surface area contributed by atoms with Gasteiger partial charge in [-0.05, 0) is 73.3 Å². The van der Waals surface area contributed by atoms with E-state index in [-0.39, 0.29) is 11.5 Å². The van der Waals surface area contributed by atoms with E-state index in [9.17, 15) is 5.11 Å². The summed E-state index contributed by atoms with van der Waals surface area (Å²) in [7, 11) is 1.74. The lowest BCUT2D eigenvalue weighted by Crippen LogP contribution is -2.37. The summed E-state index contributed by atoms with van der Waals surface area (Å²) < 4.78 is 5.37. The second-order valence-corrected chi connectivity index (χ2v) is 7.18. The van der Waals surface area contributed by atoms with Gasteiger partial charge in [0.2, 0.25) is 0 Å². The second-order valence-electron chi connectivity index (χ2n) is 7.18. The minimum Gasteiger partial charge on any atom is -0.497 e. The van der Waals surface area contributed by atoms with E-state index in [4.69, 9.17) is 4.74 Å². The van der Waals surface area contributed by atoms with E-state index in [1.165, 1.54) is 24.0 Å². The average molecular weight is 284 g/mol. The van der Waals surface area contributed by atoms with Crippen LogP contribution in [0.3, 0.4) is 0 Å². The zero-order valence-corrected chi connectivity index (χ0v) is 13.0. The van der Waals surface area contributed by atoms with Gasteiger partial charge in [0.1, 0.15) is 5.75 Å². The maximum Gasteiger partial charge on any atom is 0.119 e. The van der Waals surface area contributed by atoms with Crippen molar-refractivity contribution in [3.8, 4) is 5.75 Å². The maximum atomic E-state index is 10.4. The van der Waals surface area contributed by atoms with Gasteiger partial charge in [0, 0.05) is 5.41 Å². The van der Waals surface area contributed by atoms with Gasteiger partial charge in [-0.3, -0.25) is 0 Å². The maximum absolute atomic E-state index is 10.4. The molecule has 0 radical (unpaired) electrons. The fraction of sp³-hybridized carbons (Fsp3) is 0.579. The van der Waals surface area contributed by atoms with E-state index in [2.05, 4.69) is 25.1 Å². The van der Waals surface area contributed by atoms with Crippen LogP contribution in [0.5, 0.6) is 5.75 Å². The van der Waals surface area contributed by atoms with Crippen molar-refractivity contribution in [1.82, 2.24) is 0 Å². The molecule has 3 aliphatic carbocycles. The van der Waals surface area contributed by atoms with Crippen molar-refractivity contribution in [3.63, 3.8) is 0 Å². The van der Waals surface area contributed by atoms with E-state index in [0.717, 1.165) is 31.4 Å². The molecule has 1 unspecified atom stereocenters. The minimum atomic E-state index is -0.103. The highest BCUT2D eigenvalue weighted by Crippen LogP contribution is 2.58. The average Bonchev–Trinajstić information content (AvgIpc) is 2.82. The molecule has 1 fully saturated rings. The highest BCUT2D eigenvalue weighted by Gasteiger charge is 2.50. The number of allylic oxidation sites excluding steroid dienone is 2. The monoisotopic (exact) mass is 284 g/mol. The molecule has 0 saturated heterocycles. The number of aliphatic hydroxyl groups excluding tert-OH is 1. The van der Waals surface area contributed by atoms with E-state index in [1.807, 2.05) is 0 Å². The summed E-state index contributed by atoms with van der Waals surface area (Å²) in [6, 6.07) is 6.54. The lowest BCUT2D eigenvalue weighted by molar-refractivity contribution is 0.0379. The minimum absolute atomic E-state index is 0.103. The summed E-state index contributed by atoms with van der Waals surface area (Å²) in [5, 5.41) is 10.4. The third kappa shape index (κ3) is 1.81. The van der Waals surface area contributed by atoms with Crippen LogP contribution < -0.4 is 4.74 Å². The highest BCUT2D eigenvalue weighted by atomic mass is 16.5. The molecule has 1 N–H and O–H groups in total. The highest BCUT2D eigenvalue weighted by molar-refractivity contribution is 5.75. The number of methoxy groups -OCH3 is 1. The number of hydrogen-bond acceptors (Lipinski definition) is 2. The van der Waals surface area contributed by atoms with Gasteiger partial charge >= 0.3 is 0 Å². The molecule has 112 valence electrons. The molecule has 3 aliphatic rings. The Hall–Kier alpha value is -1.28. The third-order valence-corrected chi connectivity index (χ3v) is 6.31. The molecule has 0 aromatic heterocycles. The molecular formula is C19H24O2. The van der Waals surface area contributed by atoms with Crippen LogP contribution in [0.1, 0.15) is 50.2 Å². The standard InChI is InChI=1S/C19H24O2/c1-19-10-9-15-14-6-4-13(21-2)11-12(14)3-5-16(15)17(19)7-8-18(19)20/h4,6,11,17-18,20H,3,5,7-10H2,1-2H3/t17?,18-,19-/m0/s1. The summed E-state index contributed by atoms with van der Waals surface area (Å²) in [6.45, 7) is 2.31. The largest absolute Gasteiger partial charge is 0.497 e. The predicted molar refractivity (Wildman–Crippen MR) is 84.3 cm³/mol. The first kappa shape index (κ1) is 13.4. The van der Waals surface area contributed by atoms with Crippen molar-refractivity contribution in [2.75, 3.05) is 7.11 Å². The van der Waals surface area contributed by atoms with Gasteiger partial charge < -0.3 is 9.84 Å². The topological polar surface area (TPSA) is 29.5 Å². The van der Waals surface area contributed by atoms with Crippen LogP contribution >= 0.6 is 0 Å². The molecule has 21 heavy (non-hydrogen) atoms. The van der Waals surface area contributed by atoms with Crippen molar-refractivity contribution in [2.24, 2.45) is 11.3 Å². The number of aliphatic hydroxyl groups is 1. The van der Waals surface area contributed by atoms with Crippen molar-refractivity contribution in [2.45, 2.75) is 51.6 Å². The molecule has 1 saturated carbocycles. The smallest absolute Gasteiger partial charge is 0.119 e. The van der Waals surface area contributed by atoms with E-state index in [0.29, 0.717) is 5.92 Å². The lowest BCUT2D eigenvalue weighted by Gasteiger charge is -2.43. The molecular weight excluding hydrogens is 260 g/mol. The Balaban J connectivity index is 1.79. The van der Waals surface area contributed by atoms with E-state index < -0.39 is 0 Å². The van der Waals surface area contributed by atoms with Gasteiger partial charge in [-0.1, -0.05) is 18.6 Å². The molecule has 2 nitrogen and oxygen atoms in total. The second kappa shape index (κ2) is 4.61. The van der Waals surface area contributed by atoms with Crippen LogP contribution in [-0.4, -0.2) is 18.3 Å². The number of fused-ring (bicyclic) bond motifs is 4. The van der Waals surface area contributed by atoms with Crippen molar-refractivity contribution in [1.29, 1.82) is 0 Å². The Morgan fingerprint density at radius 1 is 1.19 bits per heavy atom. The number of aryl methyl sites for hydroxylation is 1. The molecule has 1 aromatic carbocycles. The van der Waals surface area contributed by atoms with Crippen LogP contribution in [-0.2, 0) is 6.42 Å². The van der Waals surface area contributed by atoms with Gasteiger partial charge in [-0.25, -0.2) is 0 Å². The quantitative estimate of drug-likeness (QED) is 0.845. The molecule has 0 bridgehead atoms. The molecule has 3 atom stereocenters. The number of benzene rings is 1. The number of rotatable bonds is 1. The van der Waals surface area contributed by atoms with Gasteiger partial charge in [0.15, 0.2) is 0 Å². The lowest BCUT2D eigenvalue weighted by atomic mass is 9.62. The Morgan fingerprint density at radius 3 is 2.86 bits per heavy atom. The number of hydrogen-bond donors (Lipinski definition) is 1.